The molecule has 1 amide bonds. The number of carbonyl (C=O) groups is 1. The molecule has 5 N–H and O–H groups in total. The van der Waals surface area contributed by atoms with Crippen molar-refractivity contribution in [3.05, 3.63) is 64.9 Å². The molecular formula is C21H15N3O9S3. The zero-order chi connectivity index (χ0) is 26.3. The van der Waals surface area contributed by atoms with Crippen molar-refractivity contribution in [3.63, 3.8) is 0 Å². The molecule has 15 heteroatoms. The van der Waals surface area contributed by atoms with E-state index < -0.39 is 52.6 Å². The summed E-state index contributed by atoms with van der Waals surface area (Å²) >= 11 is 1.27. The Morgan fingerprint density at radius 3 is 2.17 bits per heavy atom. The Morgan fingerprint density at radius 1 is 0.889 bits per heavy atom. The van der Waals surface area contributed by atoms with Gasteiger partial charge in [-0.05, 0) is 53.2 Å². The van der Waals surface area contributed by atoms with E-state index in [0.717, 1.165) is 12.1 Å². The van der Waals surface area contributed by atoms with Gasteiger partial charge in [0.05, 0.1) is 20.8 Å². The zero-order valence-corrected chi connectivity index (χ0v) is 20.2. The molecule has 0 radical (unpaired) electrons. The molecule has 0 saturated heterocycles. The monoisotopic (exact) mass is 549 g/mol. The van der Waals surface area contributed by atoms with Crippen molar-refractivity contribution >= 4 is 65.3 Å². The Morgan fingerprint density at radius 2 is 1.58 bits per heavy atom. The number of thiophene rings is 1. The van der Waals surface area contributed by atoms with Gasteiger partial charge in [0.15, 0.2) is 5.75 Å². The average Bonchev–Trinajstić information content (AvgIpc) is 3.33. The number of aromatic hydroxyl groups is 2. The number of rotatable bonds is 6. The molecule has 0 atom stereocenters. The van der Waals surface area contributed by atoms with Gasteiger partial charge < -0.3 is 15.5 Å². The minimum atomic E-state index is -5.01. The molecule has 0 aliphatic heterocycles. The Kier molecular flexibility index (Phi) is 6.50. The standard InChI is InChI=1S/C21H15N3O9S3/c25-15-10-14(35(28,29)30)8-11-9-17(36(31,32)33)19(20(26)18(11)15)24-23-13-5-3-12(4-6-13)22-21(27)16-2-1-7-34-16/h1-10,25-26H,(H,22,27)(H,28,29,30)(H,31,32,33). The van der Waals surface area contributed by atoms with Crippen LogP contribution in [-0.2, 0) is 20.2 Å². The molecule has 0 aliphatic carbocycles. The van der Waals surface area contributed by atoms with E-state index in [2.05, 4.69) is 15.5 Å². The van der Waals surface area contributed by atoms with E-state index in [9.17, 15) is 40.9 Å². The number of amides is 1. The maximum Gasteiger partial charge on any atom is 0.296 e. The van der Waals surface area contributed by atoms with Gasteiger partial charge in [-0.1, -0.05) is 6.07 Å². The van der Waals surface area contributed by atoms with Crippen LogP contribution in [0, 0.1) is 0 Å². The maximum atomic E-state index is 12.1. The van der Waals surface area contributed by atoms with Gasteiger partial charge in [0.25, 0.3) is 26.1 Å². The van der Waals surface area contributed by atoms with Crippen molar-refractivity contribution in [1.82, 2.24) is 0 Å². The fraction of sp³-hybridized carbons (Fsp3) is 0. The summed E-state index contributed by atoms with van der Waals surface area (Å²) in [6.07, 6.45) is 0. The third-order valence-corrected chi connectivity index (χ3v) is 7.38. The van der Waals surface area contributed by atoms with Crippen LogP contribution < -0.4 is 5.32 Å². The van der Waals surface area contributed by atoms with E-state index in [-0.39, 0.29) is 17.0 Å². The third-order valence-electron chi connectivity index (χ3n) is 4.81. The quantitative estimate of drug-likeness (QED) is 0.170. The molecule has 0 unspecified atom stereocenters. The Labute approximate surface area is 207 Å². The van der Waals surface area contributed by atoms with Crippen LogP contribution in [0.5, 0.6) is 11.5 Å². The molecule has 4 rings (SSSR count). The van der Waals surface area contributed by atoms with Crippen molar-refractivity contribution < 1.29 is 40.9 Å². The number of nitrogens with one attached hydrogen (secondary N) is 1. The van der Waals surface area contributed by atoms with Gasteiger partial charge in [0.2, 0.25) is 0 Å². The topological polar surface area (TPSA) is 203 Å². The Balaban J connectivity index is 1.73. The first-order valence-corrected chi connectivity index (χ1v) is 13.4. The van der Waals surface area contributed by atoms with Crippen LogP contribution in [0.25, 0.3) is 10.8 Å². The number of benzene rings is 3. The van der Waals surface area contributed by atoms with Crippen molar-refractivity contribution in [2.24, 2.45) is 10.2 Å². The van der Waals surface area contributed by atoms with Crippen molar-refractivity contribution in [2.45, 2.75) is 9.79 Å². The van der Waals surface area contributed by atoms with Crippen LogP contribution in [-0.4, -0.2) is 42.1 Å². The lowest BCUT2D eigenvalue weighted by Gasteiger charge is -2.11. The van der Waals surface area contributed by atoms with Gasteiger partial charge in [-0.2, -0.15) is 21.9 Å². The van der Waals surface area contributed by atoms with E-state index in [4.69, 9.17) is 0 Å². The summed E-state index contributed by atoms with van der Waals surface area (Å²) in [5.41, 5.74) is -0.107. The molecule has 0 spiro atoms. The van der Waals surface area contributed by atoms with Gasteiger partial charge in [0, 0.05) is 11.8 Å². The molecule has 186 valence electrons. The molecule has 0 aliphatic rings. The molecule has 3 aromatic carbocycles. The molecular weight excluding hydrogens is 534 g/mol. The van der Waals surface area contributed by atoms with Crippen LogP contribution in [0.15, 0.2) is 80.0 Å². The lowest BCUT2D eigenvalue weighted by molar-refractivity contribution is 0.103. The van der Waals surface area contributed by atoms with Gasteiger partial charge in [-0.25, -0.2) is 0 Å². The second-order valence-corrected chi connectivity index (χ2v) is 11.0. The van der Waals surface area contributed by atoms with Gasteiger partial charge >= 0.3 is 0 Å². The van der Waals surface area contributed by atoms with Crippen LogP contribution in [0.1, 0.15) is 9.67 Å². The number of nitrogens with zero attached hydrogens (tertiary/aromatic N) is 2. The second kappa shape index (κ2) is 9.29. The van der Waals surface area contributed by atoms with E-state index >= 15 is 0 Å². The van der Waals surface area contributed by atoms with Gasteiger partial charge in [-0.3, -0.25) is 13.9 Å². The first-order valence-electron chi connectivity index (χ1n) is 9.69. The number of phenolic OH excluding ortho intramolecular Hbond substituents is 2. The predicted molar refractivity (Wildman–Crippen MR) is 130 cm³/mol. The number of azo groups is 1. The Hall–Kier alpha value is -3.89. The van der Waals surface area contributed by atoms with Gasteiger partial charge in [0.1, 0.15) is 16.3 Å². The number of carbonyl (C=O) groups excluding carboxylic acids is 1. The highest BCUT2D eigenvalue weighted by atomic mass is 32.2. The highest BCUT2D eigenvalue weighted by Gasteiger charge is 2.25. The minimum absolute atomic E-state index is 0.177. The molecule has 0 fully saturated rings. The number of hydrogen-bond acceptors (Lipinski definition) is 10. The van der Waals surface area contributed by atoms with Crippen LogP contribution >= 0.6 is 11.3 Å². The Bertz CT molecular complexity index is 1730. The van der Waals surface area contributed by atoms with Crippen molar-refractivity contribution in [1.29, 1.82) is 0 Å². The van der Waals surface area contributed by atoms with Crippen LogP contribution in [0.3, 0.4) is 0 Å². The third kappa shape index (κ3) is 5.19. The minimum Gasteiger partial charge on any atom is -0.507 e. The van der Waals surface area contributed by atoms with Crippen LogP contribution in [0.4, 0.5) is 17.1 Å². The largest absolute Gasteiger partial charge is 0.507 e. The zero-order valence-electron chi connectivity index (χ0n) is 17.7. The number of anilines is 1. The number of fused-ring (bicyclic) bond motifs is 1. The number of phenols is 2. The molecule has 0 bridgehead atoms. The highest BCUT2D eigenvalue weighted by Crippen LogP contribution is 2.45. The van der Waals surface area contributed by atoms with E-state index in [0.29, 0.717) is 16.6 Å². The first-order chi connectivity index (χ1) is 16.8. The number of hydrogen-bond donors (Lipinski definition) is 5. The second-order valence-electron chi connectivity index (χ2n) is 7.24. The van der Waals surface area contributed by atoms with Crippen molar-refractivity contribution in [3.8, 4) is 11.5 Å². The molecule has 0 saturated carbocycles. The summed E-state index contributed by atoms with van der Waals surface area (Å²) in [6.45, 7) is 0. The smallest absolute Gasteiger partial charge is 0.296 e. The summed E-state index contributed by atoms with van der Waals surface area (Å²) < 4.78 is 65.6. The van der Waals surface area contributed by atoms with E-state index in [1.807, 2.05) is 0 Å². The first kappa shape index (κ1) is 25.2. The predicted octanol–water partition coefficient (Wildman–Crippen LogP) is 4.47. The summed E-state index contributed by atoms with van der Waals surface area (Å²) in [7, 11) is -9.79. The van der Waals surface area contributed by atoms with E-state index in [1.165, 1.54) is 35.6 Å². The summed E-state index contributed by atoms with van der Waals surface area (Å²) in [5, 5.41) is 32.1. The average molecular weight is 550 g/mol. The SMILES string of the molecule is O=C(Nc1ccc(N=Nc2c(S(=O)(=O)O)cc3cc(S(=O)(=O)O)cc(O)c3c2O)cc1)c1cccs1. The molecule has 12 nitrogen and oxygen atoms in total. The summed E-state index contributed by atoms with van der Waals surface area (Å²) in [6, 6.07) is 11.5. The maximum absolute atomic E-state index is 12.1. The fourth-order valence-corrected chi connectivity index (χ4v) is 5.01. The molecule has 1 aromatic heterocycles. The van der Waals surface area contributed by atoms with Gasteiger partial charge in [-0.15, -0.1) is 16.5 Å². The lowest BCUT2D eigenvalue weighted by Crippen LogP contribution is -2.09. The highest BCUT2D eigenvalue weighted by molar-refractivity contribution is 7.86. The van der Waals surface area contributed by atoms with Crippen LogP contribution in [0.2, 0.25) is 0 Å². The summed E-state index contributed by atoms with van der Waals surface area (Å²) in [4.78, 5) is 10.9. The normalized spacial score (nSPS) is 12.3. The van der Waals surface area contributed by atoms with Crippen molar-refractivity contribution in [2.75, 3.05) is 5.32 Å². The van der Waals surface area contributed by atoms with E-state index in [1.54, 1.807) is 17.5 Å². The summed E-state index contributed by atoms with van der Waals surface area (Å²) in [5.74, 6) is -2.03. The molecule has 36 heavy (non-hydrogen) atoms. The fourth-order valence-electron chi connectivity index (χ4n) is 3.20. The lowest BCUT2D eigenvalue weighted by atomic mass is 10.1. The molecule has 1 heterocycles. The molecule has 4 aromatic rings.